The molecule has 1 aliphatic carbocycles. The number of benzene rings is 1. The molecular weight excluding hydrogens is 464 g/mol. The average molecular weight is 495 g/mol. The highest BCUT2D eigenvalue weighted by atomic mass is 32.2. The molecule has 1 aromatic carbocycles. The predicted molar refractivity (Wildman–Crippen MR) is 135 cm³/mol. The van der Waals surface area contributed by atoms with E-state index in [4.69, 9.17) is 15.5 Å². The van der Waals surface area contributed by atoms with Crippen LogP contribution >= 0.6 is 0 Å². The molecule has 1 aliphatic rings. The number of aryl methyl sites for hydroxylation is 2. The fourth-order valence-electron chi connectivity index (χ4n) is 4.38. The Kier molecular flexibility index (Phi) is 6.68. The van der Waals surface area contributed by atoms with Gasteiger partial charge in [-0.15, -0.1) is 0 Å². The molecule has 0 amide bonds. The van der Waals surface area contributed by atoms with Gasteiger partial charge in [0.15, 0.2) is 5.82 Å². The molecule has 1 saturated carbocycles. The Balaban J connectivity index is 1.20. The van der Waals surface area contributed by atoms with Gasteiger partial charge in [0, 0.05) is 36.8 Å². The quantitative estimate of drug-likeness (QED) is 0.307. The zero-order valence-electron chi connectivity index (χ0n) is 19.8. The Morgan fingerprint density at radius 1 is 1.14 bits per heavy atom. The summed E-state index contributed by atoms with van der Waals surface area (Å²) in [5.74, 6) is 2.25. The second kappa shape index (κ2) is 9.88. The molecule has 0 spiro atoms. The van der Waals surface area contributed by atoms with Crippen molar-refractivity contribution in [2.24, 2.45) is 5.92 Å². The molecule has 0 saturated heterocycles. The van der Waals surface area contributed by atoms with E-state index in [0.717, 1.165) is 46.7 Å². The summed E-state index contributed by atoms with van der Waals surface area (Å²) in [6.07, 6.45) is 6.22. The van der Waals surface area contributed by atoms with Crippen molar-refractivity contribution in [1.82, 2.24) is 24.2 Å². The monoisotopic (exact) mass is 494 g/mol. The maximum Gasteiger partial charge on any atom is 0.242 e. The van der Waals surface area contributed by atoms with Gasteiger partial charge >= 0.3 is 0 Å². The maximum atomic E-state index is 12.8. The number of imidazole rings is 1. The van der Waals surface area contributed by atoms with Gasteiger partial charge in [-0.1, -0.05) is 31.0 Å². The van der Waals surface area contributed by atoms with Crippen LogP contribution in [0.25, 0.3) is 21.9 Å². The second-order valence-electron chi connectivity index (χ2n) is 9.02. The van der Waals surface area contributed by atoms with Crippen LogP contribution in [0.15, 0.2) is 47.5 Å². The van der Waals surface area contributed by atoms with Crippen LogP contribution < -0.4 is 10.5 Å². The second-order valence-corrected chi connectivity index (χ2v) is 10.8. The normalized spacial score (nSPS) is 14.2. The largest absolute Gasteiger partial charge is 0.382 e. The van der Waals surface area contributed by atoms with Gasteiger partial charge in [-0.3, -0.25) is 4.98 Å². The number of hydrogen-bond donors (Lipinski definition) is 2. The van der Waals surface area contributed by atoms with E-state index in [-0.39, 0.29) is 18.0 Å². The Morgan fingerprint density at radius 3 is 2.80 bits per heavy atom. The zero-order valence-corrected chi connectivity index (χ0v) is 20.6. The van der Waals surface area contributed by atoms with Crippen LogP contribution in [-0.2, 0) is 27.7 Å². The van der Waals surface area contributed by atoms with E-state index in [0.29, 0.717) is 24.5 Å². The minimum Gasteiger partial charge on any atom is -0.382 e. The van der Waals surface area contributed by atoms with E-state index in [9.17, 15) is 8.42 Å². The third-order valence-corrected chi connectivity index (χ3v) is 7.82. The SMILES string of the molecule is Cc1cc2c(nc(CCC3CC3)n2CCOCCNS(=O)(=O)c2cccc3cccnc23)c(N)n1. The number of para-hydroxylation sites is 1. The van der Waals surface area contributed by atoms with Gasteiger partial charge in [0.25, 0.3) is 0 Å². The molecule has 0 atom stereocenters. The van der Waals surface area contributed by atoms with Crippen molar-refractivity contribution in [3.63, 3.8) is 0 Å². The average Bonchev–Trinajstić information content (AvgIpc) is 3.61. The van der Waals surface area contributed by atoms with E-state index >= 15 is 0 Å². The van der Waals surface area contributed by atoms with Gasteiger partial charge in [-0.25, -0.2) is 23.1 Å². The van der Waals surface area contributed by atoms with Gasteiger partial charge in [0.05, 0.1) is 24.2 Å². The van der Waals surface area contributed by atoms with Crippen molar-refractivity contribution in [3.8, 4) is 0 Å². The summed E-state index contributed by atoms with van der Waals surface area (Å²) in [4.78, 5) is 13.5. The van der Waals surface area contributed by atoms with E-state index in [1.165, 1.54) is 12.8 Å². The third kappa shape index (κ3) is 5.29. The van der Waals surface area contributed by atoms with Crippen molar-refractivity contribution in [2.45, 2.75) is 44.0 Å². The van der Waals surface area contributed by atoms with E-state index < -0.39 is 10.0 Å². The van der Waals surface area contributed by atoms with Crippen molar-refractivity contribution in [1.29, 1.82) is 0 Å². The van der Waals surface area contributed by atoms with Crippen molar-refractivity contribution >= 4 is 37.8 Å². The lowest BCUT2D eigenvalue weighted by molar-refractivity contribution is 0.131. The van der Waals surface area contributed by atoms with Crippen molar-refractivity contribution in [3.05, 3.63) is 54.1 Å². The first-order valence-electron chi connectivity index (χ1n) is 12.0. The van der Waals surface area contributed by atoms with Gasteiger partial charge in [0.2, 0.25) is 10.0 Å². The molecule has 4 aromatic rings. The van der Waals surface area contributed by atoms with E-state index in [1.54, 1.807) is 24.4 Å². The summed E-state index contributed by atoms with van der Waals surface area (Å²) in [6.45, 7) is 3.39. The molecule has 184 valence electrons. The van der Waals surface area contributed by atoms with Crippen LogP contribution in [0.5, 0.6) is 0 Å². The molecule has 0 bridgehead atoms. The number of rotatable bonds is 11. The van der Waals surface area contributed by atoms with Crippen LogP contribution in [0.1, 0.15) is 30.8 Å². The minimum atomic E-state index is -3.70. The molecule has 0 aliphatic heterocycles. The number of nitrogen functional groups attached to an aromatic ring is 1. The molecule has 5 rings (SSSR count). The maximum absolute atomic E-state index is 12.8. The molecule has 0 unspecified atom stereocenters. The molecular formula is C25H30N6O3S. The number of nitrogens with one attached hydrogen (secondary N) is 1. The summed E-state index contributed by atoms with van der Waals surface area (Å²) in [7, 11) is -3.70. The number of nitrogens with two attached hydrogens (primary N) is 1. The molecule has 0 radical (unpaired) electrons. The number of hydrogen-bond acceptors (Lipinski definition) is 7. The van der Waals surface area contributed by atoms with E-state index in [1.807, 2.05) is 25.1 Å². The Bertz CT molecular complexity index is 1460. The number of sulfonamides is 1. The molecule has 35 heavy (non-hydrogen) atoms. The highest BCUT2D eigenvalue weighted by Gasteiger charge is 2.23. The van der Waals surface area contributed by atoms with Crippen LogP contribution in [-0.4, -0.2) is 47.7 Å². The molecule has 10 heteroatoms. The highest BCUT2D eigenvalue weighted by molar-refractivity contribution is 7.89. The number of fused-ring (bicyclic) bond motifs is 2. The van der Waals surface area contributed by atoms with Crippen LogP contribution in [0, 0.1) is 12.8 Å². The Labute approximate surface area is 204 Å². The number of nitrogens with zero attached hydrogens (tertiary/aromatic N) is 4. The summed E-state index contributed by atoms with van der Waals surface area (Å²) in [6, 6.07) is 10.8. The topological polar surface area (TPSA) is 125 Å². The smallest absolute Gasteiger partial charge is 0.242 e. The summed E-state index contributed by atoms with van der Waals surface area (Å²) >= 11 is 0. The van der Waals surface area contributed by atoms with Gasteiger partial charge < -0.3 is 15.0 Å². The molecule has 3 heterocycles. The lowest BCUT2D eigenvalue weighted by Crippen LogP contribution is -2.28. The fourth-order valence-corrected chi connectivity index (χ4v) is 5.57. The lowest BCUT2D eigenvalue weighted by Gasteiger charge is -2.11. The third-order valence-electron chi connectivity index (χ3n) is 6.33. The van der Waals surface area contributed by atoms with E-state index in [2.05, 4.69) is 19.3 Å². The van der Waals surface area contributed by atoms with Crippen molar-refractivity contribution < 1.29 is 13.2 Å². The van der Waals surface area contributed by atoms with Gasteiger partial charge in [0.1, 0.15) is 16.2 Å². The number of pyridine rings is 2. The number of anilines is 1. The first-order valence-corrected chi connectivity index (χ1v) is 13.4. The molecule has 3 aromatic heterocycles. The first-order chi connectivity index (χ1) is 16.9. The Morgan fingerprint density at radius 2 is 1.97 bits per heavy atom. The van der Waals surface area contributed by atoms with Gasteiger partial charge in [-0.2, -0.15) is 0 Å². The molecule has 1 fully saturated rings. The minimum absolute atomic E-state index is 0.167. The summed E-state index contributed by atoms with van der Waals surface area (Å²) in [5.41, 5.74) is 9.14. The lowest BCUT2D eigenvalue weighted by atomic mass is 10.2. The first kappa shape index (κ1) is 23.7. The van der Waals surface area contributed by atoms with Crippen LogP contribution in [0.4, 0.5) is 5.82 Å². The van der Waals surface area contributed by atoms with Crippen LogP contribution in [0.3, 0.4) is 0 Å². The highest BCUT2D eigenvalue weighted by Crippen LogP contribution is 2.34. The number of aromatic nitrogens is 4. The Hall–Kier alpha value is -3.08. The zero-order chi connectivity index (χ0) is 24.4. The molecule has 9 nitrogen and oxygen atoms in total. The summed E-state index contributed by atoms with van der Waals surface area (Å²) in [5, 5.41) is 0.780. The predicted octanol–water partition coefficient (Wildman–Crippen LogP) is 3.21. The van der Waals surface area contributed by atoms with Gasteiger partial charge in [-0.05, 0) is 37.5 Å². The standard InChI is InChI=1S/C25H30N6O3S/c1-17-16-20-24(25(26)29-17)30-22(10-9-18-7-8-18)31(20)13-15-34-14-12-28-35(32,33)21-6-2-4-19-5-3-11-27-23(19)21/h2-6,11,16,18,28H,7-10,12-15H2,1H3,(H2,26,29). The molecule has 3 N–H and O–H groups in total. The fraction of sp³-hybridized carbons (Fsp3) is 0.400. The number of ether oxygens (including phenoxy) is 1. The summed E-state index contributed by atoms with van der Waals surface area (Å²) < 4.78 is 36.2. The van der Waals surface area contributed by atoms with Crippen LogP contribution in [0.2, 0.25) is 0 Å². The van der Waals surface area contributed by atoms with Crippen molar-refractivity contribution in [2.75, 3.05) is 25.5 Å².